The maximum absolute atomic E-state index is 14.3. The van der Waals surface area contributed by atoms with Crippen molar-refractivity contribution in [1.29, 1.82) is 0 Å². The average molecular weight is 527 g/mol. The summed E-state index contributed by atoms with van der Waals surface area (Å²) in [6.07, 6.45) is 6.95. The van der Waals surface area contributed by atoms with Crippen LogP contribution in [0.4, 0.5) is 38.9 Å². The third-order valence-corrected chi connectivity index (χ3v) is 5.53. The molecule has 3 N–H and O–H groups in total. The van der Waals surface area contributed by atoms with Crippen LogP contribution >= 0.6 is 0 Å². The van der Waals surface area contributed by atoms with Crippen LogP contribution in [0.2, 0.25) is 0 Å². The van der Waals surface area contributed by atoms with Crippen molar-refractivity contribution in [1.82, 2.24) is 15.0 Å². The van der Waals surface area contributed by atoms with Gasteiger partial charge in [-0.05, 0) is 48.9 Å². The van der Waals surface area contributed by atoms with Gasteiger partial charge in [0.1, 0.15) is 5.75 Å². The minimum atomic E-state index is -0.494. The summed E-state index contributed by atoms with van der Waals surface area (Å²) in [4.78, 5) is 14.5. The summed E-state index contributed by atoms with van der Waals surface area (Å²) in [5.41, 5.74) is 6.97. The molecule has 0 saturated heterocycles. The van der Waals surface area contributed by atoms with Crippen LogP contribution in [0.15, 0.2) is 90.8 Å². The Morgan fingerprint density at radius 2 is 1.72 bits per heavy atom. The lowest BCUT2D eigenvalue weighted by atomic mass is 10.2. The lowest BCUT2D eigenvalue weighted by Gasteiger charge is -2.21. The molecule has 10 heteroatoms. The van der Waals surface area contributed by atoms with Crippen molar-refractivity contribution < 1.29 is 9.13 Å². The largest absolute Gasteiger partial charge is 0.497 e. The molecule has 0 unspecified atom stereocenters. The fraction of sp³-hybridized carbons (Fsp3) is 0.172. The Balaban J connectivity index is 1.36. The van der Waals surface area contributed by atoms with Crippen molar-refractivity contribution in [3.8, 4) is 5.75 Å². The second kappa shape index (κ2) is 13.5. The van der Waals surface area contributed by atoms with Gasteiger partial charge in [0.05, 0.1) is 37.1 Å². The molecular weight excluding hydrogens is 495 g/mol. The van der Waals surface area contributed by atoms with E-state index in [9.17, 15) is 4.39 Å². The summed E-state index contributed by atoms with van der Waals surface area (Å²) in [6, 6.07) is 19.4. The zero-order valence-corrected chi connectivity index (χ0v) is 21.9. The monoisotopic (exact) mass is 526 g/mol. The van der Waals surface area contributed by atoms with E-state index in [0.29, 0.717) is 18.8 Å². The van der Waals surface area contributed by atoms with Gasteiger partial charge in [-0.15, -0.1) is 6.58 Å². The highest BCUT2D eigenvalue weighted by Crippen LogP contribution is 2.25. The summed E-state index contributed by atoms with van der Waals surface area (Å²) in [5, 5.41) is 10.9. The molecule has 0 bridgehead atoms. The number of hydrazone groups is 1. The number of aromatic nitrogens is 3. The van der Waals surface area contributed by atoms with Gasteiger partial charge in [0.25, 0.3) is 0 Å². The summed E-state index contributed by atoms with van der Waals surface area (Å²) < 4.78 is 19.6. The maximum atomic E-state index is 14.3. The van der Waals surface area contributed by atoms with E-state index >= 15 is 0 Å². The first kappa shape index (κ1) is 27.1. The van der Waals surface area contributed by atoms with Gasteiger partial charge in [-0.1, -0.05) is 25.1 Å². The summed E-state index contributed by atoms with van der Waals surface area (Å²) in [7, 11) is 1.65. The van der Waals surface area contributed by atoms with Gasteiger partial charge in [0.15, 0.2) is 11.6 Å². The molecule has 200 valence electrons. The normalized spacial score (nSPS) is 10.7. The van der Waals surface area contributed by atoms with Gasteiger partial charge < -0.3 is 20.3 Å². The summed E-state index contributed by atoms with van der Waals surface area (Å²) in [6.45, 7) is 6.88. The SMILES string of the molecule is C=CCN(CCC)c1nc(N/N=C/c2ccc(Nc3cccc(Nc4cccc(OC)c4)c3)cn2)ncc1F. The highest BCUT2D eigenvalue weighted by Gasteiger charge is 2.13. The number of anilines is 6. The number of pyridine rings is 1. The molecule has 0 atom stereocenters. The fourth-order valence-electron chi connectivity index (χ4n) is 3.76. The molecule has 0 aliphatic carbocycles. The van der Waals surface area contributed by atoms with Gasteiger partial charge in [-0.3, -0.25) is 4.98 Å². The Morgan fingerprint density at radius 1 is 0.974 bits per heavy atom. The molecule has 2 aromatic carbocycles. The van der Waals surface area contributed by atoms with Crippen LogP contribution in [-0.2, 0) is 0 Å². The second-order valence-corrected chi connectivity index (χ2v) is 8.50. The molecule has 0 fully saturated rings. The number of ether oxygens (including phenoxy) is 1. The fourth-order valence-corrected chi connectivity index (χ4v) is 3.76. The number of hydrogen-bond donors (Lipinski definition) is 3. The zero-order valence-electron chi connectivity index (χ0n) is 21.9. The van der Waals surface area contributed by atoms with Crippen molar-refractivity contribution in [3.05, 3.63) is 97.2 Å². The van der Waals surface area contributed by atoms with Crippen LogP contribution in [0.3, 0.4) is 0 Å². The minimum absolute atomic E-state index is 0.188. The highest BCUT2D eigenvalue weighted by atomic mass is 19.1. The summed E-state index contributed by atoms with van der Waals surface area (Å²) in [5.74, 6) is 0.691. The van der Waals surface area contributed by atoms with Gasteiger partial charge in [0.2, 0.25) is 5.95 Å². The van der Waals surface area contributed by atoms with E-state index in [4.69, 9.17) is 4.74 Å². The van der Waals surface area contributed by atoms with Gasteiger partial charge in [0, 0.05) is 36.2 Å². The van der Waals surface area contributed by atoms with Crippen molar-refractivity contribution in [2.75, 3.05) is 41.2 Å². The Bertz CT molecular complexity index is 1410. The first-order valence-electron chi connectivity index (χ1n) is 12.5. The van der Waals surface area contributed by atoms with Gasteiger partial charge in [-0.2, -0.15) is 10.1 Å². The van der Waals surface area contributed by atoms with Crippen LogP contribution in [0.5, 0.6) is 5.75 Å². The van der Waals surface area contributed by atoms with Crippen LogP contribution in [0, 0.1) is 5.82 Å². The van der Waals surface area contributed by atoms with Gasteiger partial charge >= 0.3 is 0 Å². The molecule has 4 aromatic rings. The Hall–Kier alpha value is -4.99. The molecule has 0 spiro atoms. The van der Waals surface area contributed by atoms with E-state index in [0.717, 1.165) is 41.1 Å². The lowest BCUT2D eigenvalue weighted by molar-refractivity contribution is 0.415. The molecule has 39 heavy (non-hydrogen) atoms. The van der Waals surface area contributed by atoms with E-state index in [2.05, 4.69) is 42.7 Å². The van der Waals surface area contributed by atoms with Crippen LogP contribution in [-0.4, -0.2) is 41.4 Å². The average Bonchev–Trinajstić information content (AvgIpc) is 2.95. The van der Waals surface area contributed by atoms with Crippen LogP contribution in [0.1, 0.15) is 19.0 Å². The summed E-state index contributed by atoms with van der Waals surface area (Å²) >= 11 is 0. The molecule has 0 amide bonds. The molecule has 4 rings (SSSR count). The molecule has 0 aliphatic rings. The maximum Gasteiger partial charge on any atom is 0.245 e. The standard InChI is InChI=1S/C29H31FN8O/c1-4-14-38(15-5-2)28-27(30)20-32-29(36-28)37-33-19-24-12-13-25(18-31-24)35-22-9-6-8-21(16-22)34-23-10-7-11-26(17-23)39-3/h4,6-13,16-20,34-35H,1,5,14-15H2,2-3H3,(H,32,36,37)/b33-19+. The zero-order chi connectivity index (χ0) is 27.5. The number of halogens is 1. The number of nitrogens with zero attached hydrogens (tertiary/aromatic N) is 5. The quantitative estimate of drug-likeness (QED) is 0.105. The minimum Gasteiger partial charge on any atom is -0.497 e. The number of methoxy groups -OCH3 is 1. The third kappa shape index (κ3) is 7.75. The Labute approximate surface area is 227 Å². The Kier molecular flexibility index (Phi) is 9.38. The first-order chi connectivity index (χ1) is 19.1. The molecule has 0 aliphatic heterocycles. The number of rotatable bonds is 13. The van der Waals surface area contributed by atoms with E-state index < -0.39 is 5.82 Å². The van der Waals surface area contributed by atoms with Crippen molar-refractivity contribution in [2.24, 2.45) is 5.10 Å². The lowest BCUT2D eigenvalue weighted by Crippen LogP contribution is -2.26. The molecule has 9 nitrogen and oxygen atoms in total. The van der Waals surface area contributed by atoms with Crippen molar-refractivity contribution in [2.45, 2.75) is 13.3 Å². The van der Waals surface area contributed by atoms with Crippen LogP contribution < -0.4 is 25.7 Å². The first-order valence-corrected chi connectivity index (χ1v) is 12.5. The van der Waals surface area contributed by atoms with Crippen molar-refractivity contribution >= 4 is 40.7 Å². The number of benzene rings is 2. The molecular formula is C29H31FN8O. The Morgan fingerprint density at radius 3 is 2.41 bits per heavy atom. The molecule has 2 heterocycles. The van der Waals surface area contributed by atoms with Crippen LogP contribution in [0.25, 0.3) is 0 Å². The molecule has 0 radical (unpaired) electrons. The van der Waals surface area contributed by atoms with E-state index in [1.807, 2.05) is 67.6 Å². The predicted molar refractivity (Wildman–Crippen MR) is 156 cm³/mol. The van der Waals surface area contributed by atoms with E-state index in [1.54, 1.807) is 30.5 Å². The van der Waals surface area contributed by atoms with E-state index in [-0.39, 0.29) is 11.8 Å². The number of nitrogens with one attached hydrogen (secondary N) is 3. The second-order valence-electron chi connectivity index (χ2n) is 8.50. The molecule has 0 saturated carbocycles. The topological polar surface area (TPSA) is 99.6 Å². The third-order valence-electron chi connectivity index (χ3n) is 5.53. The smallest absolute Gasteiger partial charge is 0.245 e. The van der Waals surface area contributed by atoms with E-state index in [1.165, 1.54) is 0 Å². The van der Waals surface area contributed by atoms with Gasteiger partial charge in [-0.25, -0.2) is 14.8 Å². The number of hydrogen-bond acceptors (Lipinski definition) is 9. The predicted octanol–water partition coefficient (Wildman–Crippen LogP) is 6.35. The molecule has 2 aromatic heterocycles. The highest BCUT2D eigenvalue weighted by molar-refractivity contribution is 5.78. The van der Waals surface area contributed by atoms with Crippen molar-refractivity contribution in [3.63, 3.8) is 0 Å².